The molecule has 1 aliphatic heterocycles. The molecule has 2 rings (SSSR count). The molecular formula is C13H24N4O. The van der Waals surface area contributed by atoms with Gasteiger partial charge in [-0.25, -0.2) is 0 Å². The van der Waals surface area contributed by atoms with Crippen LogP contribution in [0.5, 0.6) is 0 Å². The number of hydrogen-bond acceptors (Lipinski definition) is 5. The molecule has 1 aromatic heterocycles. The molecule has 2 heterocycles. The molecule has 1 aromatic rings. The van der Waals surface area contributed by atoms with Crippen LogP contribution < -0.4 is 10.2 Å². The lowest BCUT2D eigenvalue weighted by molar-refractivity contribution is 0.360. The van der Waals surface area contributed by atoms with E-state index >= 15 is 0 Å². The largest absolute Gasteiger partial charge is 0.338 e. The summed E-state index contributed by atoms with van der Waals surface area (Å²) in [4.78, 5) is 6.68. The molecule has 1 N–H and O–H groups in total. The van der Waals surface area contributed by atoms with Gasteiger partial charge in [-0.1, -0.05) is 0 Å². The standard InChI is InChI=1S/C13H24N4O/c1-13(2,3)14-8-7-11-15-12(16-18-11)17-9-5-4-6-10-17/h14H,4-10H2,1-3H3. The Bertz CT molecular complexity index is 363. The van der Waals surface area contributed by atoms with E-state index in [4.69, 9.17) is 4.52 Å². The van der Waals surface area contributed by atoms with Crippen LogP contribution in [0.2, 0.25) is 0 Å². The predicted molar refractivity (Wildman–Crippen MR) is 71.8 cm³/mol. The highest BCUT2D eigenvalue weighted by Crippen LogP contribution is 2.16. The Labute approximate surface area is 109 Å². The van der Waals surface area contributed by atoms with Crippen LogP contribution in [-0.2, 0) is 6.42 Å². The second kappa shape index (κ2) is 5.69. The predicted octanol–water partition coefficient (Wildman–Crippen LogP) is 1.99. The van der Waals surface area contributed by atoms with Gasteiger partial charge in [0.25, 0.3) is 5.95 Å². The average molecular weight is 252 g/mol. The summed E-state index contributed by atoms with van der Waals surface area (Å²) in [6.45, 7) is 9.43. The average Bonchev–Trinajstić information content (AvgIpc) is 2.77. The number of nitrogens with one attached hydrogen (secondary N) is 1. The SMILES string of the molecule is CC(C)(C)NCCc1nc(N2CCCCC2)no1. The van der Waals surface area contributed by atoms with Crippen molar-refractivity contribution in [2.45, 2.75) is 52.0 Å². The van der Waals surface area contributed by atoms with Crippen LogP contribution in [0.1, 0.15) is 45.9 Å². The van der Waals surface area contributed by atoms with Gasteiger partial charge < -0.3 is 14.7 Å². The summed E-state index contributed by atoms with van der Waals surface area (Å²) >= 11 is 0. The van der Waals surface area contributed by atoms with Gasteiger partial charge >= 0.3 is 0 Å². The molecule has 0 amide bonds. The van der Waals surface area contributed by atoms with E-state index in [1.165, 1.54) is 19.3 Å². The number of anilines is 1. The Balaban J connectivity index is 1.82. The van der Waals surface area contributed by atoms with Gasteiger partial charge in [0.05, 0.1) is 0 Å². The quantitative estimate of drug-likeness (QED) is 0.888. The van der Waals surface area contributed by atoms with E-state index in [0.29, 0.717) is 0 Å². The molecule has 1 fully saturated rings. The molecule has 0 aromatic carbocycles. The highest BCUT2D eigenvalue weighted by Gasteiger charge is 2.17. The van der Waals surface area contributed by atoms with Crippen molar-refractivity contribution in [1.82, 2.24) is 15.5 Å². The monoisotopic (exact) mass is 252 g/mol. The molecule has 0 bridgehead atoms. The molecule has 0 atom stereocenters. The first-order valence-electron chi connectivity index (χ1n) is 6.87. The van der Waals surface area contributed by atoms with Crippen molar-refractivity contribution in [2.24, 2.45) is 0 Å². The van der Waals surface area contributed by atoms with Crippen LogP contribution in [0.4, 0.5) is 5.95 Å². The number of rotatable bonds is 4. The first kappa shape index (κ1) is 13.3. The highest BCUT2D eigenvalue weighted by molar-refractivity contribution is 5.27. The summed E-state index contributed by atoms with van der Waals surface area (Å²) in [6, 6.07) is 0. The van der Waals surface area contributed by atoms with Crippen LogP contribution >= 0.6 is 0 Å². The Morgan fingerprint density at radius 1 is 1.22 bits per heavy atom. The van der Waals surface area contributed by atoms with Crippen LogP contribution in [0.3, 0.4) is 0 Å². The molecule has 18 heavy (non-hydrogen) atoms. The summed E-state index contributed by atoms with van der Waals surface area (Å²) in [5.74, 6) is 1.49. The molecule has 0 saturated carbocycles. The van der Waals surface area contributed by atoms with Crippen molar-refractivity contribution < 1.29 is 4.52 Å². The van der Waals surface area contributed by atoms with Crippen molar-refractivity contribution in [1.29, 1.82) is 0 Å². The van der Waals surface area contributed by atoms with Gasteiger partial charge in [-0.2, -0.15) is 4.98 Å². The summed E-state index contributed by atoms with van der Waals surface area (Å²) in [7, 11) is 0. The van der Waals surface area contributed by atoms with Crippen LogP contribution in [0.15, 0.2) is 4.52 Å². The fourth-order valence-electron chi connectivity index (χ4n) is 2.11. The minimum Gasteiger partial charge on any atom is -0.338 e. The minimum absolute atomic E-state index is 0.135. The van der Waals surface area contributed by atoms with Crippen molar-refractivity contribution in [3.8, 4) is 0 Å². The Hall–Kier alpha value is -1.10. The Morgan fingerprint density at radius 2 is 1.94 bits per heavy atom. The zero-order chi connectivity index (χ0) is 13.0. The van der Waals surface area contributed by atoms with Crippen LogP contribution in [-0.4, -0.2) is 35.3 Å². The molecule has 1 saturated heterocycles. The van der Waals surface area contributed by atoms with Crippen LogP contribution in [0, 0.1) is 0 Å². The normalized spacial score (nSPS) is 17.2. The lowest BCUT2D eigenvalue weighted by Gasteiger charge is -2.24. The van der Waals surface area contributed by atoms with E-state index in [9.17, 15) is 0 Å². The van der Waals surface area contributed by atoms with E-state index in [1.54, 1.807) is 0 Å². The Kier molecular flexibility index (Phi) is 4.22. The topological polar surface area (TPSA) is 54.2 Å². The van der Waals surface area contributed by atoms with Crippen molar-refractivity contribution >= 4 is 5.95 Å². The van der Waals surface area contributed by atoms with Crippen molar-refractivity contribution in [3.63, 3.8) is 0 Å². The summed E-state index contributed by atoms with van der Waals surface area (Å²) in [6.07, 6.45) is 4.57. The smallest absolute Gasteiger partial charge is 0.266 e. The van der Waals surface area contributed by atoms with Gasteiger partial charge in [0.2, 0.25) is 5.89 Å². The summed E-state index contributed by atoms with van der Waals surface area (Å²) in [5.41, 5.74) is 0.135. The highest BCUT2D eigenvalue weighted by atomic mass is 16.5. The van der Waals surface area contributed by atoms with Gasteiger partial charge in [0.15, 0.2) is 0 Å². The molecule has 5 nitrogen and oxygen atoms in total. The maximum atomic E-state index is 5.29. The molecule has 0 spiro atoms. The minimum atomic E-state index is 0.135. The zero-order valence-electron chi connectivity index (χ0n) is 11.7. The number of nitrogens with zero attached hydrogens (tertiary/aromatic N) is 3. The summed E-state index contributed by atoms with van der Waals surface area (Å²) in [5, 5.41) is 7.48. The van der Waals surface area contributed by atoms with E-state index < -0.39 is 0 Å². The van der Waals surface area contributed by atoms with E-state index in [-0.39, 0.29) is 5.54 Å². The molecule has 0 aliphatic carbocycles. The molecule has 0 radical (unpaired) electrons. The van der Waals surface area contributed by atoms with E-state index in [0.717, 1.165) is 37.9 Å². The lowest BCUT2D eigenvalue weighted by atomic mass is 10.1. The molecular weight excluding hydrogens is 228 g/mol. The number of piperidine rings is 1. The fourth-order valence-corrected chi connectivity index (χ4v) is 2.11. The lowest BCUT2D eigenvalue weighted by Crippen LogP contribution is -2.37. The van der Waals surface area contributed by atoms with Crippen molar-refractivity contribution in [2.75, 3.05) is 24.5 Å². The van der Waals surface area contributed by atoms with Crippen molar-refractivity contribution in [3.05, 3.63) is 5.89 Å². The molecule has 0 unspecified atom stereocenters. The molecule has 5 heteroatoms. The molecule has 102 valence electrons. The van der Waals surface area contributed by atoms with Gasteiger partial charge in [-0.15, -0.1) is 0 Å². The van der Waals surface area contributed by atoms with Gasteiger partial charge in [-0.05, 0) is 45.2 Å². The Morgan fingerprint density at radius 3 is 2.61 bits per heavy atom. The van der Waals surface area contributed by atoms with Crippen LogP contribution in [0.25, 0.3) is 0 Å². The second-order valence-corrected chi connectivity index (χ2v) is 5.96. The fraction of sp³-hybridized carbons (Fsp3) is 0.846. The first-order valence-corrected chi connectivity index (χ1v) is 6.87. The third-order valence-electron chi connectivity index (χ3n) is 3.09. The first-order chi connectivity index (χ1) is 8.54. The number of hydrogen-bond donors (Lipinski definition) is 1. The second-order valence-electron chi connectivity index (χ2n) is 5.96. The third kappa shape index (κ3) is 3.98. The molecule has 1 aliphatic rings. The maximum absolute atomic E-state index is 5.29. The van der Waals surface area contributed by atoms with Gasteiger partial charge in [-0.3, -0.25) is 0 Å². The zero-order valence-corrected chi connectivity index (χ0v) is 11.7. The van der Waals surface area contributed by atoms with E-state index in [2.05, 4.69) is 41.1 Å². The van der Waals surface area contributed by atoms with Gasteiger partial charge in [0.1, 0.15) is 0 Å². The number of aromatic nitrogens is 2. The maximum Gasteiger partial charge on any atom is 0.266 e. The summed E-state index contributed by atoms with van der Waals surface area (Å²) < 4.78 is 5.29. The van der Waals surface area contributed by atoms with Gasteiger partial charge in [0, 0.05) is 31.6 Å². The third-order valence-corrected chi connectivity index (χ3v) is 3.09. The van der Waals surface area contributed by atoms with E-state index in [1.807, 2.05) is 0 Å².